The average molecular weight is 318 g/mol. The van der Waals surface area contributed by atoms with Crippen molar-refractivity contribution < 1.29 is 4.74 Å². The second-order valence-electron chi connectivity index (χ2n) is 6.75. The second-order valence-corrected chi connectivity index (χ2v) is 6.75. The summed E-state index contributed by atoms with van der Waals surface area (Å²) in [4.78, 5) is 14.0. The van der Waals surface area contributed by atoms with Crippen LogP contribution in [0.15, 0.2) is 6.07 Å². The molecular formula is C18H30N4O. The fraction of sp³-hybridized carbons (Fsp3) is 0.778. The van der Waals surface area contributed by atoms with Crippen molar-refractivity contribution >= 4 is 5.82 Å². The zero-order chi connectivity index (χ0) is 16.1. The van der Waals surface area contributed by atoms with Gasteiger partial charge in [0.2, 0.25) is 0 Å². The van der Waals surface area contributed by atoms with Crippen LogP contribution in [0.3, 0.4) is 0 Å². The van der Waals surface area contributed by atoms with Crippen molar-refractivity contribution in [2.45, 2.75) is 52.1 Å². The Morgan fingerprint density at radius 2 is 2.00 bits per heavy atom. The van der Waals surface area contributed by atoms with Gasteiger partial charge in [-0.05, 0) is 45.7 Å². The van der Waals surface area contributed by atoms with Gasteiger partial charge in [0.1, 0.15) is 11.6 Å². The van der Waals surface area contributed by atoms with Crippen LogP contribution in [-0.2, 0) is 11.2 Å². The van der Waals surface area contributed by atoms with Gasteiger partial charge < -0.3 is 14.5 Å². The highest BCUT2D eigenvalue weighted by atomic mass is 16.5. The van der Waals surface area contributed by atoms with Crippen molar-refractivity contribution in [1.82, 2.24) is 14.9 Å². The third kappa shape index (κ3) is 4.64. The van der Waals surface area contributed by atoms with E-state index in [0.29, 0.717) is 6.10 Å². The summed E-state index contributed by atoms with van der Waals surface area (Å²) in [6.07, 6.45) is 6.51. The Kier molecular flexibility index (Phi) is 5.84. The fourth-order valence-corrected chi connectivity index (χ4v) is 3.56. The summed E-state index contributed by atoms with van der Waals surface area (Å²) in [7, 11) is 0. The SMILES string of the molecule is CCc1cc(N2CCC(OCCN3CCCCC3)C2)nc(C)n1. The normalized spacial score (nSPS) is 22.7. The number of hydrogen-bond acceptors (Lipinski definition) is 5. The van der Waals surface area contributed by atoms with Gasteiger partial charge in [0.15, 0.2) is 0 Å². The molecule has 1 unspecified atom stereocenters. The van der Waals surface area contributed by atoms with Crippen molar-refractivity contribution in [2.75, 3.05) is 44.2 Å². The van der Waals surface area contributed by atoms with E-state index in [9.17, 15) is 0 Å². The lowest BCUT2D eigenvalue weighted by molar-refractivity contribution is 0.0467. The molecule has 3 rings (SSSR count). The van der Waals surface area contributed by atoms with E-state index in [4.69, 9.17) is 4.74 Å². The number of piperidine rings is 1. The minimum absolute atomic E-state index is 0.347. The molecule has 2 aliphatic heterocycles. The molecule has 0 amide bonds. The maximum atomic E-state index is 6.12. The molecule has 0 bridgehead atoms. The molecule has 3 heterocycles. The summed E-state index contributed by atoms with van der Waals surface area (Å²) in [5.74, 6) is 1.94. The molecule has 23 heavy (non-hydrogen) atoms. The second kappa shape index (κ2) is 8.06. The number of ether oxygens (including phenoxy) is 1. The van der Waals surface area contributed by atoms with Crippen molar-refractivity contribution in [1.29, 1.82) is 0 Å². The predicted octanol–water partition coefficient (Wildman–Crippen LogP) is 2.43. The minimum Gasteiger partial charge on any atom is -0.375 e. The Morgan fingerprint density at radius 1 is 1.17 bits per heavy atom. The highest BCUT2D eigenvalue weighted by Crippen LogP contribution is 2.21. The topological polar surface area (TPSA) is 41.5 Å². The minimum atomic E-state index is 0.347. The molecule has 1 aromatic rings. The summed E-state index contributed by atoms with van der Waals surface area (Å²) in [6.45, 7) is 10.6. The molecule has 0 saturated carbocycles. The first-order valence-corrected chi connectivity index (χ1v) is 9.18. The number of likely N-dealkylation sites (tertiary alicyclic amines) is 1. The Bertz CT molecular complexity index is 502. The molecule has 5 heteroatoms. The molecule has 2 fully saturated rings. The van der Waals surface area contributed by atoms with E-state index >= 15 is 0 Å². The van der Waals surface area contributed by atoms with Crippen LogP contribution in [0.25, 0.3) is 0 Å². The number of rotatable bonds is 6. The Hall–Kier alpha value is -1.20. The van der Waals surface area contributed by atoms with Crippen LogP contribution in [-0.4, -0.2) is 60.3 Å². The van der Waals surface area contributed by atoms with Crippen molar-refractivity contribution in [3.8, 4) is 0 Å². The van der Waals surface area contributed by atoms with Crippen molar-refractivity contribution in [3.05, 3.63) is 17.6 Å². The molecule has 0 aliphatic carbocycles. The Morgan fingerprint density at radius 3 is 2.78 bits per heavy atom. The summed E-state index contributed by atoms with van der Waals surface area (Å²) in [5.41, 5.74) is 1.13. The van der Waals surface area contributed by atoms with Gasteiger partial charge in [-0.15, -0.1) is 0 Å². The van der Waals surface area contributed by atoms with Crippen LogP contribution >= 0.6 is 0 Å². The largest absolute Gasteiger partial charge is 0.375 e. The number of aromatic nitrogens is 2. The van der Waals surface area contributed by atoms with Gasteiger partial charge in [0.05, 0.1) is 12.7 Å². The summed E-state index contributed by atoms with van der Waals surface area (Å²) in [5, 5.41) is 0. The summed E-state index contributed by atoms with van der Waals surface area (Å²) in [6, 6.07) is 2.13. The van der Waals surface area contributed by atoms with Gasteiger partial charge in [-0.3, -0.25) is 0 Å². The monoisotopic (exact) mass is 318 g/mol. The smallest absolute Gasteiger partial charge is 0.132 e. The number of aryl methyl sites for hydroxylation is 2. The highest BCUT2D eigenvalue weighted by Gasteiger charge is 2.24. The van der Waals surface area contributed by atoms with Gasteiger partial charge in [0.25, 0.3) is 0 Å². The lowest BCUT2D eigenvalue weighted by Gasteiger charge is -2.26. The van der Waals surface area contributed by atoms with Gasteiger partial charge in [0, 0.05) is 31.4 Å². The molecule has 0 spiro atoms. The molecule has 0 N–H and O–H groups in total. The number of anilines is 1. The van der Waals surface area contributed by atoms with E-state index in [2.05, 4.69) is 32.8 Å². The molecule has 5 nitrogen and oxygen atoms in total. The zero-order valence-electron chi connectivity index (χ0n) is 14.6. The van der Waals surface area contributed by atoms with Crippen LogP contribution in [0.4, 0.5) is 5.82 Å². The van der Waals surface area contributed by atoms with Gasteiger partial charge in [-0.1, -0.05) is 13.3 Å². The lowest BCUT2D eigenvalue weighted by Crippen LogP contribution is -2.34. The van der Waals surface area contributed by atoms with E-state index in [1.807, 2.05) is 6.92 Å². The van der Waals surface area contributed by atoms with E-state index in [1.165, 1.54) is 32.4 Å². The standard InChI is InChI=1S/C18H30N4O/c1-3-16-13-18(20-15(2)19-16)22-10-7-17(14-22)23-12-11-21-8-5-4-6-9-21/h13,17H,3-12,14H2,1-2H3. The average Bonchev–Trinajstić information content (AvgIpc) is 3.04. The first kappa shape index (κ1) is 16.7. The van der Waals surface area contributed by atoms with E-state index in [-0.39, 0.29) is 0 Å². The molecule has 2 saturated heterocycles. The maximum absolute atomic E-state index is 6.12. The lowest BCUT2D eigenvalue weighted by atomic mass is 10.1. The fourth-order valence-electron chi connectivity index (χ4n) is 3.56. The zero-order valence-corrected chi connectivity index (χ0v) is 14.6. The van der Waals surface area contributed by atoms with Gasteiger partial charge in [-0.2, -0.15) is 0 Å². The number of nitrogens with zero attached hydrogens (tertiary/aromatic N) is 4. The van der Waals surface area contributed by atoms with Crippen molar-refractivity contribution in [3.63, 3.8) is 0 Å². The van der Waals surface area contributed by atoms with Crippen LogP contribution in [0.2, 0.25) is 0 Å². The van der Waals surface area contributed by atoms with Crippen LogP contribution in [0.1, 0.15) is 44.1 Å². The predicted molar refractivity (Wildman–Crippen MR) is 93.0 cm³/mol. The van der Waals surface area contributed by atoms with Crippen LogP contribution in [0, 0.1) is 6.92 Å². The van der Waals surface area contributed by atoms with Crippen molar-refractivity contribution in [2.24, 2.45) is 0 Å². The van der Waals surface area contributed by atoms with E-state index in [1.54, 1.807) is 0 Å². The highest BCUT2D eigenvalue weighted by molar-refractivity contribution is 5.41. The van der Waals surface area contributed by atoms with Gasteiger partial charge in [-0.25, -0.2) is 9.97 Å². The molecule has 128 valence electrons. The molecule has 0 radical (unpaired) electrons. The van der Waals surface area contributed by atoms with E-state index < -0.39 is 0 Å². The Balaban J connectivity index is 1.45. The molecule has 0 aromatic carbocycles. The molecule has 1 aromatic heterocycles. The van der Waals surface area contributed by atoms with E-state index in [0.717, 1.165) is 56.4 Å². The van der Waals surface area contributed by atoms with Crippen LogP contribution in [0.5, 0.6) is 0 Å². The summed E-state index contributed by atoms with van der Waals surface area (Å²) < 4.78 is 6.12. The summed E-state index contributed by atoms with van der Waals surface area (Å²) >= 11 is 0. The molecule has 1 atom stereocenters. The van der Waals surface area contributed by atoms with Gasteiger partial charge >= 0.3 is 0 Å². The first-order valence-electron chi connectivity index (χ1n) is 9.18. The maximum Gasteiger partial charge on any atom is 0.132 e. The first-order chi connectivity index (χ1) is 11.2. The number of hydrogen-bond donors (Lipinski definition) is 0. The van der Waals surface area contributed by atoms with Crippen LogP contribution < -0.4 is 4.90 Å². The Labute approximate surface area is 140 Å². The molecule has 2 aliphatic rings. The third-order valence-electron chi connectivity index (χ3n) is 4.92. The third-order valence-corrected chi connectivity index (χ3v) is 4.92. The quantitative estimate of drug-likeness (QED) is 0.806. The molecular weight excluding hydrogens is 288 g/mol.